The van der Waals surface area contributed by atoms with E-state index < -0.39 is 0 Å². The molecule has 0 saturated carbocycles. The Balaban J connectivity index is 2.40. The summed E-state index contributed by atoms with van der Waals surface area (Å²) in [6.07, 6.45) is 0.444. The molecule has 0 spiro atoms. The Bertz CT molecular complexity index is 403. The maximum absolute atomic E-state index is 11.3. The Kier molecular flexibility index (Phi) is 7.09. The average Bonchev–Trinajstić information content (AvgIpc) is 2.45. The van der Waals surface area contributed by atoms with Gasteiger partial charge in [-0.25, -0.2) is 0 Å². The maximum atomic E-state index is 11.3. The van der Waals surface area contributed by atoms with Gasteiger partial charge in [-0.1, -0.05) is 19.1 Å². The van der Waals surface area contributed by atoms with Gasteiger partial charge in [0.15, 0.2) is 0 Å². The number of hydrogen-bond acceptors (Lipinski definition) is 4. The van der Waals surface area contributed by atoms with Crippen molar-refractivity contribution in [3.05, 3.63) is 29.8 Å². The van der Waals surface area contributed by atoms with Gasteiger partial charge in [0.25, 0.3) is 0 Å². The summed E-state index contributed by atoms with van der Waals surface area (Å²) in [7, 11) is 3.70. The molecule has 0 bridgehead atoms. The molecule has 0 saturated heterocycles. The van der Waals surface area contributed by atoms with E-state index >= 15 is 0 Å². The zero-order chi connectivity index (χ0) is 15.0. The third-order valence-corrected chi connectivity index (χ3v) is 3.27. The summed E-state index contributed by atoms with van der Waals surface area (Å²) in [5, 5.41) is 0. The summed E-state index contributed by atoms with van der Waals surface area (Å²) in [4.78, 5) is 13.5. The van der Waals surface area contributed by atoms with Crippen molar-refractivity contribution in [1.82, 2.24) is 4.90 Å². The molecule has 0 aliphatic rings. The van der Waals surface area contributed by atoms with E-state index in [1.165, 1.54) is 5.56 Å². The minimum atomic E-state index is -0.128. The first-order chi connectivity index (χ1) is 9.56. The van der Waals surface area contributed by atoms with Crippen molar-refractivity contribution in [2.75, 3.05) is 33.9 Å². The number of carbonyl (C=O) groups is 1. The number of rotatable bonds is 8. The average molecular weight is 279 g/mol. The molecule has 0 fully saturated rings. The molecule has 0 aliphatic carbocycles. The molecular weight excluding hydrogens is 254 g/mol. The van der Waals surface area contributed by atoms with Gasteiger partial charge in [0.05, 0.1) is 20.1 Å². The lowest BCUT2D eigenvalue weighted by Crippen LogP contribution is -2.26. The van der Waals surface area contributed by atoms with Crippen molar-refractivity contribution < 1.29 is 14.3 Å². The smallest absolute Gasteiger partial charge is 0.307 e. The van der Waals surface area contributed by atoms with Gasteiger partial charge in [0.1, 0.15) is 5.75 Å². The quantitative estimate of drug-likeness (QED) is 0.686. The molecule has 0 aliphatic heterocycles. The second-order valence-corrected chi connectivity index (χ2v) is 4.99. The molecular formula is C16H25NO3. The van der Waals surface area contributed by atoms with Crippen molar-refractivity contribution in [1.29, 1.82) is 0 Å². The van der Waals surface area contributed by atoms with Crippen molar-refractivity contribution in [3.63, 3.8) is 0 Å². The third kappa shape index (κ3) is 5.61. The lowest BCUT2D eigenvalue weighted by Gasteiger charge is -2.21. The van der Waals surface area contributed by atoms with Gasteiger partial charge >= 0.3 is 5.97 Å². The van der Waals surface area contributed by atoms with Crippen molar-refractivity contribution in [2.24, 2.45) is 0 Å². The number of likely N-dealkylation sites (N-methyl/N-ethyl adjacent to an activating group) is 1. The van der Waals surface area contributed by atoms with Gasteiger partial charge in [-0.3, -0.25) is 4.79 Å². The monoisotopic (exact) mass is 279 g/mol. The highest BCUT2D eigenvalue weighted by Crippen LogP contribution is 2.19. The van der Waals surface area contributed by atoms with Crippen LogP contribution < -0.4 is 4.74 Å². The molecule has 0 heterocycles. The summed E-state index contributed by atoms with van der Waals surface area (Å²) in [6, 6.07) is 8.13. The summed E-state index contributed by atoms with van der Waals surface area (Å²) < 4.78 is 10.1. The van der Waals surface area contributed by atoms with Crippen LogP contribution in [0.5, 0.6) is 5.75 Å². The molecule has 1 aromatic rings. The Morgan fingerprint density at radius 3 is 2.50 bits per heavy atom. The van der Waals surface area contributed by atoms with Crippen LogP contribution in [0.15, 0.2) is 24.3 Å². The lowest BCUT2D eigenvalue weighted by atomic mass is 10.0. The van der Waals surface area contributed by atoms with Gasteiger partial charge in [0, 0.05) is 13.1 Å². The van der Waals surface area contributed by atoms with Gasteiger partial charge in [0.2, 0.25) is 0 Å². The van der Waals surface area contributed by atoms with Crippen molar-refractivity contribution >= 4 is 5.97 Å². The highest BCUT2D eigenvalue weighted by atomic mass is 16.5. The van der Waals surface area contributed by atoms with Crippen LogP contribution >= 0.6 is 0 Å². The Morgan fingerprint density at radius 2 is 1.95 bits per heavy atom. The minimum Gasteiger partial charge on any atom is -0.497 e. The molecule has 4 nitrogen and oxygen atoms in total. The molecule has 4 heteroatoms. The molecule has 0 amide bonds. The van der Waals surface area contributed by atoms with E-state index in [-0.39, 0.29) is 5.97 Å². The molecule has 0 N–H and O–H groups in total. The van der Waals surface area contributed by atoms with E-state index in [1.807, 2.05) is 26.1 Å². The largest absolute Gasteiger partial charge is 0.497 e. The molecule has 1 atom stereocenters. The van der Waals surface area contributed by atoms with E-state index in [4.69, 9.17) is 9.47 Å². The van der Waals surface area contributed by atoms with Crippen molar-refractivity contribution in [2.45, 2.75) is 26.2 Å². The van der Waals surface area contributed by atoms with Crippen LogP contribution in [-0.4, -0.2) is 44.7 Å². The van der Waals surface area contributed by atoms with Crippen LogP contribution in [0, 0.1) is 0 Å². The number of nitrogens with zero attached hydrogens (tertiary/aromatic N) is 1. The Morgan fingerprint density at radius 1 is 1.30 bits per heavy atom. The number of methoxy groups -OCH3 is 1. The number of esters is 1. The predicted molar refractivity (Wildman–Crippen MR) is 80.2 cm³/mol. The number of benzene rings is 1. The van der Waals surface area contributed by atoms with E-state index in [9.17, 15) is 4.79 Å². The fourth-order valence-corrected chi connectivity index (χ4v) is 2.11. The summed E-state index contributed by atoms with van der Waals surface area (Å²) in [5.41, 5.74) is 1.27. The number of carbonyl (C=O) groups excluding carboxylic acids is 1. The second-order valence-electron chi connectivity index (χ2n) is 4.99. The van der Waals surface area contributed by atoms with Crippen LogP contribution in [0.1, 0.15) is 31.7 Å². The molecule has 112 valence electrons. The van der Waals surface area contributed by atoms with Crippen LogP contribution in [0.25, 0.3) is 0 Å². The van der Waals surface area contributed by atoms with Gasteiger partial charge in [-0.05, 0) is 37.6 Å². The van der Waals surface area contributed by atoms with Crippen LogP contribution in [0.4, 0.5) is 0 Å². The van der Waals surface area contributed by atoms with E-state index in [0.29, 0.717) is 18.9 Å². The fraction of sp³-hybridized carbons (Fsp3) is 0.562. The zero-order valence-corrected chi connectivity index (χ0v) is 12.9. The topological polar surface area (TPSA) is 38.8 Å². The minimum absolute atomic E-state index is 0.128. The maximum Gasteiger partial charge on any atom is 0.307 e. The van der Waals surface area contributed by atoms with Crippen molar-refractivity contribution in [3.8, 4) is 5.75 Å². The number of hydrogen-bond donors (Lipinski definition) is 0. The number of ether oxygens (including phenoxy) is 2. The SMILES string of the molecule is CCOC(=O)CCN(C)CC(C)c1ccc(OC)cc1. The molecule has 20 heavy (non-hydrogen) atoms. The normalized spacial score (nSPS) is 12.2. The van der Waals surface area contributed by atoms with E-state index in [2.05, 4.69) is 24.0 Å². The second kappa shape index (κ2) is 8.59. The van der Waals surface area contributed by atoms with Gasteiger partial charge in [-0.2, -0.15) is 0 Å². The fourth-order valence-electron chi connectivity index (χ4n) is 2.11. The molecule has 0 radical (unpaired) electrons. The molecule has 1 unspecified atom stereocenters. The first-order valence-corrected chi connectivity index (χ1v) is 7.05. The Hall–Kier alpha value is -1.55. The summed E-state index contributed by atoms with van der Waals surface area (Å²) >= 11 is 0. The van der Waals surface area contributed by atoms with Crippen LogP contribution in [-0.2, 0) is 9.53 Å². The zero-order valence-electron chi connectivity index (χ0n) is 12.9. The standard InChI is InChI=1S/C16H25NO3/c1-5-20-16(18)10-11-17(3)12-13(2)14-6-8-15(19-4)9-7-14/h6-9,13H,5,10-12H2,1-4H3. The summed E-state index contributed by atoms with van der Waals surface area (Å²) in [6.45, 7) is 6.09. The van der Waals surface area contributed by atoms with Gasteiger partial charge < -0.3 is 14.4 Å². The van der Waals surface area contributed by atoms with E-state index in [1.54, 1.807) is 7.11 Å². The highest BCUT2D eigenvalue weighted by Gasteiger charge is 2.11. The lowest BCUT2D eigenvalue weighted by molar-refractivity contribution is -0.143. The molecule has 1 rings (SSSR count). The first kappa shape index (κ1) is 16.5. The van der Waals surface area contributed by atoms with Gasteiger partial charge in [-0.15, -0.1) is 0 Å². The third-order valence-electron chi connectivity index (χ3n) is 3.27. The summed E-state index contributed by atoms with van der Waals surface area (Å²) in [5.74, 6) is 1.15. The highest BCUT2D eigenvalue weighted by molar-refractivity contribution is 5.69. The van der Waals surface area contributed by atoms with Crippen LogP contribution in [0.2, 0.25) is 0 Å². The predicted octanol–water partition coefficient (Wildman–Crippen LogP) is 2.68. The first-order valence-electron chi connectivity index (χ1n) is 7.05. The molecule has 1 aromatic carbocycles. The van der Waals surface area contributed by atoms with Crippen LogP contribution in [0.3, 0.4) is 0 Å². The Labute approximate surface area is 121 Å². The molecule has 0 aromatic heterocycles. The van der Waals surface area contributed by atoms with E-state index in [0.717, 1.165) is 18.8 Å².